The molecule has 0 N–H and O–H groups in total. The van der Waals surface area contributed by atoms with Crippen molar-refractivity contribution in [3.63, 3.8) is 0 Å². The standard InChI is InChI=1S/C17H19N3/c1-4-8-13-12(3)20(11-5-2)17-16(13)18-14-9-6-7-10-15(14)19-17/h4-7,9-10,16-17H,1-2,8,11H2,3H3. The summed E-state index contributed by atoms with van der Waals surface area (Å²) in [5.74, 6) is 0. The highest BCUT2D eigenvalue weighted by molar-refractivity contribution is 5.31. The minimum absolute atomic E-state index is 0.0675. The van der Waals surface area contributed by atoms with Gasteiger partial charge in [-0.2, -0.15) is 0 Å². The number of para-hydroxylation sites is 2. The highest BCUT2D eigenvalue weighted by Crippen LogP contribution is 2.34. The first-order valence-corrected chi connectivity index (χ1v) is 6.95. The summed E-state index contributed by atoms with van der Waals surface area (Å²) in [7, 11) is 0. The van der Waals surface area contributed by atoms with Crippen LogP contribution in [0.5, 0.6) is 0 Å². The second-order valence-corrected chi connectivity index (χ2v) is 5.15. The Labute approximate surface area is 119 Å². The molecule has 2 atom stereocenters. The fraction of sp³-hybridized carbons (Fsp3) is 0.294. The summed E-state index contributed by atoms with van der Waals surface area (Å²) >= 11 is 0. The fourth-order valence-corrected chi connectivity index (χ4v) is 3.01. The maximum Gasteiger partial charge on any atom is 0.148 e. The van der Waals surface area contributed by atoms with Crippen LogP contribution in [0.1, 0.15) is 13.3 Å². The summed E-state index contributed by atoms with van der Waals surface area (Å²) in [4.78, 5) is 12.1. The Bertz CT molecular complexity index is 699. The minimum Gasteiger partial charge on any atom is -0.348 e. The second-order valence-electron chi connectivity index (χ2n) is 5.15. The van der Waals surface area contributed by atoms with E-state index < -0.39 is 0 Å². The number of allylic oxidation sites excluding steroid dienone is 2. The van der Waals surface area contributed by atoms with E-state index in [-0.39, 0.29) is 12.2 Å². The van der Waals surface area contributed by atoms with E-state index in [0.29, 0.717) is 0 Å². The van der Waals surface area contributed by atoms with Gasteiger partial charge in [0.05, 0.1) is 10.7 Å². The summed E-state index contributed by atoms with van der Waals surface area (Å²) in [5.41, 5.74) is 2.59. The largest absolute Gasteiger partial charge is 0.348 e. The zero-order valence-corrected chi connectivity index (χ0v) is 11.8. The Kier molecular flexibility index (Phi) is 3.26. The first-order chi connectivity index (χ1) is 9.76. The summed E-state index contributed by atoms with van der Waals surface area (Å²) in [5, 5.41) is 1.97. The quantitative estimate of drug-likeness (QED) is 0.765. The second kappa shape index (κ2) is 5.08. The number of fused-ring (bicyclic) bond motifs is 2. The molecule has 0 bridgehead atoms. The van der Waals surface area contributed by atoms with E-state index >= 15 is 0 Å². The van der Waals surface area contributed by atoms with Gasteiger partial charge in [0.15, 0.2) is 0 Å². The first-order valence-electron chi connectivity index (χ1n) is 6.95. The van der Waals surface area contributed by atoms with Crippen LogP contribution in [-0.2, 0) is 0 Å². The smallest absolute Gasteiger partial charge is 0.148 e. The van der Waals surface area contributed by atoms with E-state index in [4.69, 9.17) is 9.98 Å². The third kappa shape index (κ3) is 1.90. The van der Waals surface area contributed by atoms with Crippen molar-refractivity contribution >= 4 is 0 Å². The predicted octanol–water partition coefficient (Wildman–Crippen LogP) is 1.99. The summed E-state index contributed by atoms with van der Waals surface area (Å²) < 4.78 is 0. The van der Waals surface area contributed by atoms with Crippen LogP contribution >= 0.6 is 0 Å². The molecule has 3 nitrogen and oxygen atoms in total. The van der Waals surface area contributed by atoms with E-state index in [0.717, 1.165) is 23.7 Å². The van der Waals surface area contributed by atoms with Crippen molar-refractivity contribution in [2.24, 2.45) is 9.98 Å². The van der Waals surface area contributed by atoms with E-state index in [1.54, 1.807) is 0 Å². The van der Waals surface area contributed by atoms with E-state index in [2.05, 4.69) is 25.0 Å². The fourth-order valence-electron chi connectivity index (χ4n) is 3.01. The number of benzene rings is 1. The lowest BCUT2D eigenvalue weighted by Crippen LogP contribution is -2.43. The van der Waals surface area contributed by atoms with Gasteiger partial charge in [-0.3, -0.25) is 9.98 Å². The molecule has 3 rings (SSSR count). The molecule has 2 aliphatic heterocycles. The monoisotopic (exact) mass is 265 g/mol. The van der Waals surface area contributed by atoms with Crippen molar-refractivity contribution < 1.29 is 0 Å². The topological polar surface area (TPSA) is 28.0 Å². The lowest BCUT2D eigenvalue weighted by Gasteiger charge is -2.27. The Morgan fingerprint density at radius 1 is 1.15 bits per heavy atom. The Morgan fingerprint density at radius 3 is 2.50 bits per heavy atom. The molecule has 0 fully saturated rings. The molecule has 0 radical (unpaired) electrons. The molecule has 1 aromatic carbocycles. The number of rotatable bonds is 4. The van der Waals surface area contributed by atoms with Gasteiger partial charge in [0.1, 0.15) is 12.2 Å². The van der Waals surface area contributed by atoms with Crippen molar-refractivity contribution in [2.45, 2.75) is 25.6 Å². The zero-order valence-electron chi connectivity index (χ0n) is 11.8. The van der Waals surface area contributed by atoms with Crippen LogP contribution in [0.4, 0.5) is 0 Å². The van der Waals surface area contributed by atoms with Crippen LogP contribution in [0.15, 0.2) is 70.8 Å². The van der Waals surface area contributed by atoms with Crippen molar-refractivity contribution in [2.75, 3.05) is 6.54 Å². The van der Waals surface area contributed by atoms with Crippen molar-refractivity contribution in [3.8, 4) is 0 Å². The maximum absolute atomic E-state index is 4.91. The molecular weight excluding hydrogens is 246 g/mol. The molecule has 0 spiro atoms. The maximum atomic E-state index is 4.91. The molecule has 2 heterocycles. The molecule has 20 heavy (non-hydrogen) atoms. The molecule has 2 aliphatic rings. The van der Waals surface area contributed by atoms with E-state index in [1.807, 2.05) is 36.4 Å². The van der Waals surface area contributed by atoms with Gasteiger partial charge in [-0.15, -0.1) is 13.2 Å². The zero-order chi connectivity index (χ0) is 14.1. The van der Waals surface area contributed by atoms with Crippen LogP contribution in [0.25, 0.3) is 0 Å². The van der Waals surface area contributed by atoms with Gasteiger partial charge < -0.3 is 4.90 Å². The van der Waals surface area contributed by atoms with Gasteiger partial charge >= 0.3 is 0 Å². The average Bonchev–Trinajstić information content (AvgIpc) is 2.71. The first kappa shape index (κ1) is 12.9. The minimum atomic E-state index is 0.0675. The molecule has 0 aromatic heterocycles. The lowest BCUT2D eigenvalue weighted by molar-refractivity contribution is 0.286. The third-order valence-corrected chi connectivity index (χ3v) is 3.98. The van der Waals surface area contributed by atoms with Gasteiger partial charge in [-0.1, -0.05) is 24.3 Å². The Balaban J connectivity index is 2.13. The number of hydrogen-bond acceptors (Lipinski definition) is 3. The van der Waals surface area contributed by atoms with Gasteiger partial charge in [-0.25, -0.2) is 0 Å². The molecule has 3 heteroatoms. The van der Waals surface area contributed by atoms with Gasteiger partial charge in [-0.05, 0) is 31.1 Å². The molecular formula is C17H19N3. The van der Waals surface area contributed by atoms with Crippen LogP contribution in [0, 0.1) is 0 Å². The van der Waals surface area contributed by atoms with Gasteiger partial charge in [0.2, 0.25) is 0 Å². The molecule has 1 aromatic rings. The molecule has 0 aliphatic carbocycles. The molecule has 2 unspecified atom stereocenters. The number of nitrogens with zero attached hydrogens (tertiary/aromatic N) is 3. The predicted molar refractivity (Wildman–Crippen MR) is 80.7 cm³/mol. The SMILES string of the molecule is C=CCC1=C(C)N(CC=C)C2N=c3ccccc3=NC12. The molecule has 0 amide bonds. The molecule has 102 valence electrons. The highest BCUT2D eigenvalue weighted by atomic mass is 15.3. The Morgan fingerprint density at radius 2 is 1.85 bits per heavy atom. The summed E-state index contributed by atoms with van der Waals surface area (Å²) in [6.45, 7) is 10.7. The summed E-state index contributed by atoms with van der Waals surface area (Å²) in [6, 6.07) is 8.20. The number of hydrogen-bond donors (Lipinski definition) is 0. The van der Waals surface area contributed by atoms with Crippen molar-refractivity contribution in [1.82, 2.24) is 4.90 Å². The average molecular weight is 265 g/mol. The van der Waals surface area contributed by atoms with Gasteiger partial charge in [0.25, 0.3) is 0 Å². The lowest BCUT2D eigenvalue weighted by atomic mass is 10.0. The molecule has 0 saturated carbocycles. The summed E-state index contributed by atoms with van der Waals surface area (Å²) in [6.07, 6.45) is 4.80. The van der Waals surface area contributed by atoms with E-state index in [1.165, 1.54) is 11.3 Å². The highest BCUT2D eigenvalue weighted by Gasteiger charge is 2.38. The van der Waals surface area contributed by atoms with Gasteiger partial charge in [0, 0.05) is 12.2 Å². The van der Waals surface area contributed by atoms with Crippen LogP contribution in [-0.4, -0.2) is 23.7 Å². The van der Waals surface area contributed by atoms with Crippen LogP contribution in [0.2, 0.25) is 0 Å². The van der Waals surface area contributed by atoms with Crippen molar-refractivity contribution in [1.29, 1.82) is 0 Å². The normalized spacial score (nSPS) is 23.6. The van der Waals surface area contributed by atoms with Crippen LogP contribution < -0.4 is 10.7 Å². The Hall–Kier alpha value is -2.16. The van der Waals surface area contributed by atoms with E-state index in [9.17, 15) is 0 Å². The van der Waals surface area contributed by atoms with Crippen LogP contribution in [0.3, 0.4) is 0 Å². The third-order valence-electron chi connectivity index (χ3n) is 3.98. The van der Waals surface area contributed by atoms with Crippen molar-refractivity contribution in [3.05, 3.63) is 71.6 Å². The molecule has 0 saturated heterocycles.